The zero-order valence-corrected chi connectivity index (χ0v) is 30.1. The van der Waals surface area contributed by atoms with Crippen molar-refractivity contribution in [1.29, 1.82) is 0 Å². The quantitative estimate of drug-likeness (QED) is 0.148. The average molecular weight is 757 g/mol. The lowest BCUT2D eigenvalue weighted by Gasteiger charge is -2.37. The number of para-hydroxylation sites is 1. The molecule has 3 fully saturated rings. The van der Waals surface area contributed by atoms with Gasteiger partial charge in [0.25, 0.3) is 5.91 Å². The molecule has 2 aromatic rings. The number of amides is 3. The Bertz CT molecular complexity index is 1570. The van der Waals surface area contributed by atoms with Crippen LogP contribution < -0.4 is 10.2 Å². The van der Waals surface area contributed by atoms with E-state index in [0.29, 0.717) is 29.1 Å². The first-order valence-electron chi connectivity index (χ1n) is 16.6. The van der Waals surface area contributed by atoms with Gasteiger partial charge in [0.15, 0.2) is 0 Å². The van der Waals surface area contributed by atoms with E-state index in [1.165, 1.54) is 9.80 Å². The minimum Gasteiger partial charge on any atom is -0.455 e. The Morgan fingerprint density at radius 2 is 1.94 bits per heavy atom. The van der Waals surface area contributed by atoms with Crippen molar-refractivity contribution in [3.63, 3.8) is 0 Å². The van der Waals surface area contributed by atoms with Crippen LogP contribution in [-0.2, 0) is 28.7 Å². The normalized spacial score (nSPS) is 26.5. The summed E-state index contributed by atoms with van der Waals surface area (Å²) in [6, 6.07) is 12.7. The van der Waals surface area contributed by atoms with E-state index in [1.807, 2.05) is 43.3 Å². The van der Waals surface area contributed by atoms with Crippen LogP contribution in [0.25, 0.3) is 0 Å². The molecule has 3 heterocycles. The van der Waals surface area contributed by atoms with E-state index in [0.717, 1.165) is 5.56 Å². The highest BCUT2D eigenvalue weighted by Crippen LogP contribution is 2.60. The lowest BCUT2D eigenvalue weighted by molar-refractivity contribution is -0.162. The number of ether oxygens (including phenoxy) is 2. The average Bonchev–Trinajstić information content (AvgIpc) is 3.67. The minimum absolute atomic E-state index is 0.0799. The van der Waals surface area contributed by atoms with Crippen molar-refractivity contribution in [2.24, 2.45) is 11.8 Å². The summed E-state index contributed by atoms with van der Waals surface area (Å²) >= 11 is 10.4. The van der Waals surface area contributed by atoms with Crippen LogP contribution >= 0.6 is 27.5 Å². The fourth-order valence-corrected chi connectivity index (χ4v) is 8.90. The number of rotatable bonds is 15. The monoisotopic (exact) mass is 755 g/mol. The number of aliphatic hydroxyl groups is 1. The standard InChI is InChI=1S/C37H43BrClN3O7/c1-5-7-17-27(44)40-23(4)31(24-14-9-8-10-15-24)48-36(47)28-29-34(45)42(19-12-20-43)33(37(29)21-25(38)32(28)49-37)35(46)41(18-6-2)30-22(3)13-11-16-26(30)39/h5-6,8-11,13-16,23,25,28-29,31-33,43H,1-2,7,12,17-21H2,3-4H3,(H,40,44)/t23-,25?,28+,29-,31-,32+,33+,37-/m1/s1. The highest BCUT2D eigenvalue weighted by molar-refractivity contribution is 9.09. The molecule has 2 bridgehead atoms. The number of hydrogen-bond donors (Lipinski definition) is 2. The second-order valence-corrected chi connectivity index (χ2v) is 14.5. The zero-order chi connectivity index (χ0) is 35.5. The number of carbonyl (C=O) groups excluding carboxylic acids is 4. The fraction of sp³-hybridized carbons (Fsp3) is 0.459. The first kappa shape index (κ1) is 36.8. The summed E-state index contributed by atoms with van der Waals surface area (Å²) in [5.74, 6) is -3.75. The van der Waals surface area contributed by atoms with Crippen LogP contribution in [0.3, 0.4) is 0 Å². The minimum atomic E-state index is -1.35. The van der Waals surface area contributed by atoms with Crippen molar-refractivity contribution < 1.29 is 33.8 Å². The van der Waals surface area contributed by atoms with Crippen LogP contribution in [0.15, 0.2) is 73.8 Å². The third-order valence-electron chi connectivity index (χ3n) is 9.68. The maximum absolute atomic E-state index is 14.8. The van der Waals surface area contributed by atoms with Gasteiger partial charge in [-0.25, -0.2) is 0 Å². The molecule has 2 aromatic carbocycles. The predicted molar refractivity (Wildman–Crippen MR) is 190 cm³/mol. The van der Waals surface area contributed by atoms with Crippen molar-refractivity contribution >= 4 is 56.9 Å². The molecule has 49 heavy (non-hydrogen) atoms. The largest absolute Gasteiger partial charge is 0.455 e. The summed E-state index contributed by atoms with van der Waals surface area (Å²) in [5, 5.41) is 13.1. The van der Waals surface area contributed by atoms with Crippen molar-refractivity contribution in [3.8, 4) is 0 Å². The molecule has 0 saturated carbocycles. The number of aryl methyl sites for hydroxylation is 1. The number of nitrogens with one attached hydrogen (secondary N) is 1. The van der Waals surface area contributed by atoms with Crippen LogP contribution in [0, 0.1) is 18.8 Å². The molecule has 3 saturated heterocycles. The van der Waals surface area contributed by atoms with Crippen molar-refractivity contribution in [3.05, 3.63) is 90.0 Å². The van der Waals surface area contributed by atoms with Crippen LogP contribution in [-0.4, -0.2) is 82.0 Å². The van der Waals surface area contributed by atoms with Gasteiger partial charge in [-0.05, 0) is 50.3 Å². The summed E-state index contributed by atoms with van der Waals surface area (Å²) in [6.07, 6.45) is 2.89. The van der Waals surface area contributed by atoms with Crippen LogP contribution in [0.1, 0.15) is 49.8 Å². The number of esters is 1. The molecule has 10 nitrogen and oxygen atoms in total. The van der Waals surface area contributed by atoms with Gasteiger partial charge in [-0.1, -0.05) is 82.1 Å². The van der Waals surface area contributed by atoms with E-state index >= 15 is 0 Å². The molecule has 0 radical (unpaired) electrons. The number of likely N-dealkylation sites (tertiary alicyclic amines) is 1. The number of alkyl halides is 1. The second-order valence-electron chi connectivity index (χ2n) is 12.9. The van der Waals surface area contributed by atoms with Crippen LogP contribution in [0.2, 0.25) is 5.02 Å². The second kappa shape index (κ2) is 15.6. The van der Waals surface area contributed by atoms with Gasteiger partial charge in [-0.2, -0.15) is 0 Å². The van der Waals surface area contributed by atoms with Gasteiger partial charge in [0.05, 0.1) is 34.7 Å². The number of allylic oxidation sites excluding steroid dienone is 1. The molecule has 3 aliphatic rings. The van der Waals surface area contributed by atoms with E-state index in [1.54, 1.807) is 31.2 Å². The number of benzene rings is 2. The molecule has 1 spiro atoms. The number of nitrogens with zero attached hydrogens (tertiary/aromatic N) is 2. The van der Waals surface area contributed by atoms with Crippen molar-refractivity contribution in [2.75, 3.05) is 24.6 Å². The molecule has 0 aliphatic carbocycles. The fourth-order valence-electron chi connectivity index (χ4n) is 7.63. The summed E-state index contributed by atoms with van der Waals surface area (Å²) < 4.78 is 12.9. The lowest BCUT2D eigenvalue weighted by Crippen LogP contribution is -2.57. The van der Waals surface area contributed by atoms with Crippen molar-refractivity contribution in [1.82, 2.24) is 10.2 Å². The number of aliphatic hydroxyl groups excluding tert-OH is 1. The summed E-state index contributed by atoms with van der Waals surface area (Å²) in [7, 11) is 0. The van der Waals surface area contributed by atoms with Gasteiger partial charge in [0, 0.05) is 30.9 Å². The van der Waals surface area contributed by atoms with Crippen molar-refractivity contribution in [2.45, 2.75) is 74.3 Å². The Balaban J connectivity index is 1.51. The van der Waals surface area contributed by atoms with E-state index in [4.69, 9.17) is 21.1 Å². The van der Waals surface area contributed by atoms with Crippen LogP contribution in [0.4, 0.5) is 5.69 Å². The molecule has 12 heteroatoms. The third-order valence-corrected chi connectivity index (χ3v) is 10.8. The maximum Gasteiger partial charge on any atom is 0.313 e. The molecular weight excluding hydrogens is 714 g/mol. The molecular formula is C37H43BrClN3O7. The molecule has 3 aliphatic heterocycles. The number of halogens is 2. The van der Waals surface area contributed by atoms with Gasteiger partial charge < -0.3 is 29.7 Å². The highest BCUT2D eigenvalue weighted by atomic mass is 79.9. The molecule has 5 rings (SSSR count). The zero-order valence-electron chi connectivity index (χ0n) is 27.7. The number of hydrogen-bond acceptors (Lipinski definition) is 7. The number of carbonyl (C=O) groups is 4. The van der Waals surface area contributed by atoms with Gasteiger partial charge in [0.1, 0.15) is 17.7 Å². The SMILES string of the molecule is C=CCCC(=O)N[C@H](C)[C@@H](OC(=O)[C@@H]1[C@H]2O[C@@]3(CC2Br)[C@H](C(=O)N(CC=C)c2c(C)cccc2Cl)N(CCCO)C(=O)[C@@H]13)c1ccccc1. The van der Waals surface area contributed by atoms with E-state index in [9.17, 15) is 24.3 Å². The Morgan fingerprint density at radius 3 is 2.59 bits per heavy atom. The Kier molecular flexibility index (Phi) is 11.7. The summed E-state index contributed by atoms with van der Waals surface area (Å²) in [4.78, 5) is 58.9. The first-order valence-corrected chi connectivity index (χ1v) is 17.9. The van der Waals surface area contributed by atoms with Gasteiger partial charge in [-0.15, -0.1) is 13.2 Å². The predicted octanol–water partition coefficient (Wildman–Crippen LogP) is 5.05. The van der Waals surface area contributed by atoms with E-state index in [2.05, 4.69) is 34.4 Å². The molecule has 2 N–H and O–H groups in total. The van der Waals surface area contributed by atoms with Crippen LogP contribution in [0.5, 0.6) is 0 Å². The molecule has 3 amide bonds. The number of fused-ring (bicyclic) bond motifs is 1. The Hall–Kier alpha value is -3.51. The number of anilines is 1. The van der Waals surface area contributed by atoms with E-state index < -0.39 is 59.5 Å². The molecule has 8 atom stereocenters. The topological polar surface area (TPSA) is 125 Å². The molecule has 1 unspecified atom stereocenters. The highest BCUT2D eigenvalue weighted by Gasteiger charge is 2.77. The summed E-state index contributed by atoms with van der Waals surface area (Å²) in [6.45, 7) is 11.1. The smallest absolute Gasteiger partial charge is 0.313 e. The summed E-state index contributed by atoms with van der Waals surface area (Å²) in [5.41, 5.74) is 0.578. The first-order chi connectivity index (χ1) is 23.5. The Labute approximate surface area is 300 Å². The van der Waals surface area contributed by atoms with Gasteiger partial charge in [0.2, 0.25) is 11.8 Å². The maximum atomic E-state index is 14.8. The van der Waals surface area contributed by atoms with E-state index in [-0.39, 0.29) is 43.3 Å². The molecule has 0 aromatic heterocycles. The lowest BCUT2D eigenvalue weighted by atomic mass is 9.70. The van der Waals surface area contributed by atoms with Gasteiger partial charge in [-0.3, -0.25) is 19.2 Å². The Morgan fingerprint density at radius 1 is 1.20 bits per heavy atom. The third kappa shape index (κ3) is 6.95. The molecule has 262 valence electrons. The van der Waals surface area contributed by atoms with Gasteiger partial charge >= 0.3 is 5.97 Å².